The summed E-state index contributed by atoms with van der Waals surface area (Å²) in [6.07, 6.45) is 0.894. The average molecular weight is 271 g/mol. The van der Waals surface area contributed by atoms with Gasteiger partial charge in [0.2, 0.25) is 0 Å². The van der Waals surface area contributed by atoms with Crippen LogP contribution in [-0.4, -0.2) is 24.7 Å². The lowest BCUT2D eigenvalue weighted by Gasteiger charge is -2.07. The Balaban J connectivity index is 1.84. The fraction of sp³-hybridized carbons (Fsp3) is 0.188. The predicted octanol–water partition coefficient (Wildman–Crippen LogP) is 3.05. The van der Waals surface area contributed by atoms with Crippen LogP contribution in [-0.2, 0) is 6.42 Å². The van der Waals surface area contributed by atoms with E-state index in [4.69, 9.17) is 9.84 Å². The number of carboxylic acids is 1. The number of nitrogens with one attached hydrogen (secondary N) is 1. The molecule has 0 radical (unpaired) electrons. The van der Waals surface area contributed by atoms with Crippen molar-refractivity contribution >= 4 is 11.7 Å². The quantitative estimate of drug-likeness (QED) is 0.847. The lowest BCUT2D eigenvalue weighted by molar-refractivity contribution is 0.0697. The summed E-state index contributed by atoms with van der Waals surface area (Å²) in [5, 5.41) is 12.1. The van der Waals surface area contributed by atoms with Gasteiger partial charge in [0.1, 0.15) is 5.75 Å². The molecule has 0 aliphatic carbocycles. The van der Waals surface area contributed by atoms with Crippen molar-refractivity contribution in [3.05, 3.63) is 59.7 Å². The van der Waals surface area contributed by atoms with Crippen molar-refractivity contribution in [1.82, 2.24) is 0 Å². The minimum Gasteiger partial charge on any atom is -0.497 e. The van der Waals surface area contributed by atoms with Crippen LogP contribution in [0.15, 0.2) is 48.5 Å². The molecule has 4 nitrogen and oxygen atoms in total. The van der Waals surface area contributed by atoms with Crippen molar-refractivity contribution < 1.29 is 14.6 Å². The smallest absolute Gasteiger partial charge is 0.335 e. The van der Waals surface area contributed by atoms with Gasteiger partial charge in [0, 0.05) is 12.2 Å². The van der Waals surface area contributed by atoms with Crippen LogP contribution in [0.3, 0.4) is 0 Å². The van der Waals surface area contributed by atoms with Crippen molar-refractivity contribution in [2.75, 3.05) is 19.0 Å². The molecule has 0 spiro atoms. The van der Waals surface area contributed by atoms with Crippen molar-refractivity contribution in [3.63, 3.8) is 0 Å². The van der Waals surface area contributed by atoms with Crippen LogP contribution in [0, 0.1) is 0 Å². The number of methoxy groups -OCH3 is 1. The third kappa shape index (κ3) is 3.75. The number of ether oxygens (including phenoxy) is 1. The number of hydrogen-bond donors (Lipinski definition) is 2. The van der Waals surface area contributed by atoms with E-state index in [-0.39, 0.29) is 0 Å². The van der Waals surface area contributed by atoms with Gasteiger partial charge in [-0.2, -0.15) is 0 Å². The minimum absolute atomic E-state index is 0.297. The Labute approximate surface area is 118 Å². The predicted molar refractivity (Wildman–Crippen MR) is 78.6 cm³/mol. The largest absolute Gasteiger partial charge is 0.497 e. The Bertz CT molecular complexity index is 561. The first-order valence-corrected chi connectivity index (χ1v) is 6.39. The maximum absolute atomic E-state index is 10.7. The van der Waals surface area contributed by atoms with Gasteiger partial charge in [-0.3, -0.25) is 0 Å². The van der Waals surface area contributed by atoms with Crippen molar-refractivity contribution in [2.24, 2.45) is 0 Å². The summed E-state index contributed by atoms with van der Waals surface area (Å²) in [4.78, 5) is 10.7. The zero-order valence-electron chi connectivity index (χ0n) is 11.3. The second-order valence-electron chi connectivity index (χ2n) is 4.41. The number of hydrogen-bond acceptors (Lipinski definition) is 3. The topological polar surface area (TPSA) is 58.6 Å². The molecule has 0 saturated carbocycles. The Hall–Kier alpha value is -2.49. The minimum atomic E-state index is -0.908. The molecule has 0 aromatic heterocycles. The van der Waals surface area contributed by atoms with Gasteiger partial charge in [-0.1, -0.05) is 12.1 Å². The molecule has 2 rings (SSSR count). The SMILES string of the molecule is COc1ccc(CCNc2ccc(C(=O)O)cc2)cc1. The molecule has 0 heterocycles. The lowest BCUT2D eigenvalue weighted by atomic mass is 10.1. The molecule has 104 valence electrons. The van der Waals surface area contributed by atoms with E-state index in [0.717, 1.165) is 24.4 Å². The lowest BCUT2D eigenvalue weighted by Crippen LogP contribution is -2.05. The standard InChI is InChI=1S/C16H17NO3/c1-20-15-8-2-12(3-9-15)10-11-17-14-6-4-13(5-7-14)16(18)19/h2-9,17H,10-11H2,1H3,(H,18,19). The first kappa shape index (κ1) is 13.9. The van der Waals surface area contributed by atoms with E-state index in [2.05, 4.69) is 5.32 Å². The molecular formula is C16H17NO3. The fourth-order valence-corrected chi connectivity index (χ4v) is 1.87. The van der Waals surface area contributed by atoms with Crippen LogP contribution in [0.25, 0.3) is 0 Å². The zero-order chi connectivity index (χ0) is 14.4. The van der Waals surface area contributed by atoms with Gasteiger partial charge >= 0.3 is 5.97 Å². The molecule has 0 fully saturated rings. The van der Waals surface area contributed by atoms with Gasteiger partial charge in [0.05, 0.1) is 12.7 Å². The fourth-order valence-electron chi connectivity index (χ4n) is 1.87. The van der Waals surface area contributed by atoms with Crippen LogP contribution in [0.1, 0.15) is 15.9 Å². The highest BCUT2D eigenvalue weighted by atomic mass is 16.5. The van der Waals surface area contributed by atoms with Gasteiger partial charge in [0.15, 0.2) is 0 Å². The summed E-state index contributed by atoms with van der Waals surface area (Å²) < 4.78 is 5.11. The first-order chi connectivity index (χ1) is 9.69. The highest BCUT2D eigenvalue weighted by Crippen LogP contribution is 2.13. The highest BCUT2D eigenvalue weighted by Gasteiger charge is 2.01. The Morgan fingerprint density at radius 1 is 1.10 bits per heavy atom. The molecule has 0 aliphatic rings. The highest BCUT2D eigenvalue weighted by molar-refractivity contribution is 5.87. The summed E-state index contributed by atoms with van der Waals surface area (Å²) in [5.74, 6) is -0.0549. The molecule has 0 unspecified atom stereocenters. The van der Waals surface area contributed by atoms with Crippen LogP contribution in [0.5, 0.6) is 5.75 Å². The molecule has 2 aromatic rings. The molecule has 2 aromatic carbocycles. The van der Waals surface area contributed by atoms with Gasteiger partial charge in [0.25, 0.3) is 0 Å². The second-order valence-corrected chi connectivity index (χ2v) is 4.41. The van der Waals surface area contributed by atoms with Crippen LogP contribution >= 0.6 is 0 Å². The molecule has 0 bridgehead atoms. The summed E-state index contributed by atoms with van der Waals surface area (Å²) in [5.41, 5.74) is 2.44. The monoisotopic (exact) mass is 271 g/mol. The maximum atomic E-state index is 10.7. The van der Waals surface area contributed by atoms with Crippen LogP contribution < -0.4 is 10.1 Å². The van der Waals surface area contributed by atoms with Gasteiger partial charge < -0.3 is 15.2 Å². The molecular weight excluding hydrogens is 254 g/mol. The molecule has 20 heavy (non-hydrogen) atoms. The number of carbonyl (C=O) groups is 1. The Morgan fingerprint density at radius 2 is 1.75 bits per heavy atom. The van der Waals surface area contributed by atoms with Gasteiger partial charge in [-0.05, 0) is 48.4 Å². The number of carboxylic acid groups (broad SMARTS) is 1. The van der Waals surface area contributed by atoms with E-state index in [1.54, 1.807) is 31.4 Å². The molecule has 2 N–H and O–H groups in total. The van der Waals surface area contributed by atoms with E-state index in [1.165, 1.54) is 5.56 Å². The summed E-state index contributed by atoms with van der Waals surface area (Å²) >= 11 is 0. The van der Waals surface area contributed by atoms with Crippen LogP contribution in [0.4, 0.5) is 5.69 Å². The third-order valence-corrected chi connectivity index (χ3v) is 3.03. The van der Waals surface area contributed by atoms with Crippen LogP contribution in [0.2, 0.25) is 0 Å². The van der Waals surface area contributed by atoms with E-state index < -0.39 is 5.97 Å². The van der Waals surface area contributed by atoms with Crippen molar-refractivity contribution in [2.45, 2.75) is 6.42 Å². The molecule has 4 heteroatoms. The Morgan fingerprint density at radius 3 is 2.30 bits per heavy atom. The second kappa shape index (κ2) is 6.61. The van der Waals surface area contributed by atoms with Gasteiger partial charge in [-0.15, -0.1) is 0 Å². The zero-order valence-corrected chi connectivity index (χ0v) is 11.3. The summed E-state index contributed by atoms with van der Waals surface area (Å²) in [6, 6.07) is 14.7. The maximum Gasteiger partial charge on any atom is 0.335 e. The normalized spacial score (nSPS) is 10.1. The van der Waals surface area contributed by atoms with E-state index in [0.29, 0.717) is 5.56 Å². The number of benzene rings is 2. The van der Waals surface area contributed by atoms with E-state index in [1.807, 2.05) is 24.3 Å². The number of anilines is 1. The molecule has 0 amide bonds. The first-order valence-electron chi connectivity index (χ1n) is 6.39. The number of aromatic carboxylic acids is 1. The van der Waals surface area contributed by atoms with E-state index in [9.17, 15) is 4.79 Å². The molecule has 0 atom stereocenters. The molecule has 0 saturated heterocycles. The van der Waals surface area contributed by atoms with Crippen molar-refractivity contribution in [1.29, 1.82) is 0 Å². The number of rotatable bonds is 6. The molecule has 0 aliphatic heterocycles. The summed E-state index contributed by atoms with van der Waals surface area (Å²) in [7, 11) is 1.65. The van der Waals surface area contributed by atoms with E-state index >= 15 is 0 Å². The third-order valence-electron chi connectivity index (χ3n) is 3.03. The average Bonchev–Trinajstić information content (AvgIpc) is 2.48. The Kier molecular flexibility index (Phi) is 4.60. The summed E-state index contributed by atoms with van der Waals surface area (Å²) in [6.45, 7) is 0.790. The van der Waals surface area contributed by atoms with Crippen molar-refractivity contribution in [3.8, 4) is 5.75 Å². The van der Waals surface area contributed by atoms with Gasteiger partial charge in [-0.25, -0.2) is 4.79 Å².